The van der Waals surface area contributed by atoms with Crippen LogP contribution in [0.15, 0.2) is 35.8 Å². The van der Waals surface area contributed by atoms with Crippen LogP contribution in [0.2, 0.25) is 0 Å². The maximum Gasteiger partial charge on any atom is 0.227 e. The molecule has 3 heterocycles. The van der Waals surface area contributed by atoms with E-state index in [0.29, 0.717) is 17.6 Å². The molecule has 3 aromatic rings. The van der Waals surface area contributed by atoms with Gasteiger partial charge >= 0.3 is 0 Å². The van der Waals surface area contributed by atoms with Gasteiger partial charge < -0.3 is 15.3 Å². The Morgan fingerprint density at radius 1 is 1.14 bits per heavy atom. The average molecular weight is 415 g/mol. The van der Waals surface area contributed by atoms with Crippen LogP contribution in [0.3, 0.4) is 0 Å². The second-order valence-corrected chi connectivity index (χ2v) is 7.81. The number of aromatic nitrogens is 3. The normalized spacial score (nSPS) is 14.9. The number of piperazine rings is 1. The molecule has 1 aliphatic heterocycles. The van der Waals surface area contributed by atoms with Crippen molar-refractivity contribution in [2.75, 3.05) is 49.5 Å². The van der Waals surface area contributed by atoms with Crippen LogP contribution in [-0.4, -0.2) is 64.3 Å². The van der Waals surface area contributed by atoms with Gasteiger partial charge in [0.2, 0.25) is 5.95 Å². The van der Waals surface area contributed by atoms with E-state index in [1.807, 2.05) is 41.5 Å². The zero-order chi connectivity index (χ0) is 20.2. The van der Waals surface area contributed by atoms with Crippen LogP contribution in [-0.2, 0) is 0 Å². The van der Waals surface area contributed by atoms with Crippen molar-refractivity contribution < 1.29 is 9.50 Å². The number of β-amino-alcohol motifs (C(OH)–C–C–N with tert-alkyl or cyclic N) is 1. The summed E-state index contributed by atoms with van der Waals surface area (Å²) in [4.78, 5) is 17.3. The van der Waals surface area contributed by atoms with Crippen molar-refractivity contribution in [3.05, 3.63) is 47.2 Å². The number of rotatable bonds is 6. The van der Waals surface area contributed by atoms with Crippen molar-refractivity contribution >= 4 is 28.2 Å². The van der Waals surface area contributed by atoms with Crippen molar-refractivity contribution in [3.8, 4) is 11.3 Å². The molecule has 0 radical (unpaired) electrons. The van der Waals surface area contributed by atoms with Gasteiger partial charge in [0.1, 0.15) is 0 Å². The number of hydrogen-bond acceptors (Lipinski definition) is 8. The fourth-order valence-electron chi connectivity index (χ4n) is 3.20. The quantitative estimate of drug-likeness (QED) is 0.642. The molecule has 152 valence electrons. The molecule has 9 heteroatoms. The lowest BCUT2D eigenvalue weighted by atomic mass is 10.1. The van der Waals surface area contributed by atoms with Crippen LogP contribution in [0.5, 0.6) is 0 Å². The Morgan fingerprint density at radius 2 is 1.90 bits per heavy atom. The second kappa shape index (κ2) is 8.81. The van der Waals surface area contributed by atoms with Crippen molar-refractivity contribution in [2.45, 2.75) is 6.92 Å². The molecule has 1 fully saturated rings. The summed E-state index contributed by atoms with van der Waals surface area (Å²) in [6, 6.07) is 8.12. The topological polar surface area (TPSA) is 77.4 Å². The number of halogens is 1. The Labute approximate surface area is 172 Å². The molecule has 1 aliphatic rings. The van der Waals surface area contributed by atoms with Crippen LogP contribution in [0, 0.1) is 12.7 Å². The third kappa shape index (κ3) is 4.69. The van der Waals surface area contributed by atoms with E-state index >= 15 is 0 Å². The molecular formula is C20H23FN6OS. The molecule has 7 nitrogen and oxygen atoms in total. The summed E-state index contributed by atoms with van der Waals surface area (Å²) in [5, 5.41) is 14.6. The zero-order valence-corrected chi connectivity index (χ0v) is 17.0. The lowest BCUT2D eigenvalue weighted by Gasteiger charge is -2.34. The number of hydrogen-bond donors (Lipinski definition) is 2. The van der Waals surface area contributed by atoms with Crippen LogP contribution < -0.4 is 10.2 Å². The summed E-state index contributed by atoms with van der Waals surface area (Å²) in [5.74, 6) is 0.102. The van der Waals surface area contributed by atoms with Gasteiger partial charge in [0.05, 0.1) is 18.5 Å². The third-order valence-corrected chi connectivity index (χ3v) is 5.64. The predicted octanol–water partition coefficient (Wildman–Crippen LogP) is 2.91. The number of nitrogens with zero attached hydrogens (tertiary/aromatic N) is 5. The largest absolute Gasteiger partial charge is 0.395 e. The first kappa shape index (κ1) is 19.7. The lowest BCUT2D eigenvalue weighted by molar-refractivity contribution is 0.188. The van der Waals surface area contributed by atoms with Crippen LogP contribution in [0.25, 0.3) is 11.3 Å². The van der Waals surface area contributed by atoms with Crippen molar-refractivity contribution in [3.63, 3.8) is 0 Å². The van der Waals surface area contributed by atoms with Gasteiger partial charge in [-0.05, 0) is 6.92 Å². The monoisotopic (exact) mass is 414 g/mol. The molecular weight excluding hydrogens is 391 g/mol. The van der Waals surface area contributed by atoms with Crippen LogP contribution in [0.4, 0.5) is 21.3 Å². The molecule has 0 unspecified atom stereocenters. The molecule has 0 bridgehead atoms. The highest BCUT2D eigenvalue weighted by Gasteiger charge is 2.20. The average Bonchev–Trinajstić information content (AvgIpc) is 3.20. The standard InChI is InChI=1S/C20H23FN6OS/c1-14-2-4-15(5-3-14)17-13-29-20(23-17)25-18-16(21)12-22-19(24-18)27-8-6-26(7-9-27)10-11-28/h2-5,12-13,28H,6-11H2,1H3,(H,22,23,24,25). The summed E-state index contributed by atoms with van der Waals surface area (Å²) >= 11 is 1.41. The fourth-order valence-corrected chi connectivity index (χ4v) is 3.92. The summed E-state index contributed by atoms with van der Waals surface area (Å²) < 4.78 is 14.3. The molecule has 29 heavy (non-hydrogen) atoms. The van der Waals surface area contributed by atoms with Crippen molar-refractivity contribution in [1.29, 1.82) is 0 Å². The van der Waals surface area contributed by atoms with Crippen molar-refractivity contribution in [1.82, 2.24) is 19.9 Å². The number of nitrogens with one attached hydrogen (secondary N) is 1. The highest BCUT2D eigenvalue weighted by Crippen LogP contribution is 2.28. The number of anilines is 3. The Bertz CT molecular complexity index is 956. The molecule has 0 aliphatic carbocycles. The number of aliphatic hydroxyl groups excluding tert-OH is 1. The van der Waals surface area contributed by atoms with Gasteiger partial charge in [-0.15, -0.1) is 11.3 Å². The maximum atomic E-state index is 14.3. The Kier molecular flexibility index (Phi) is 5.98. The molecule has 4 rings (SSSR count). The molecule has 0 spiro atoms. The van der Waals surface area contributed by atoms with Gasteiger partial charge in [0.15, 0.2) is 16.8 Å². The van der Waals surface area contributed by atoms with Gasteiger partial charge in [0, 0.05) is 43.7 Å². The molecule has 1 aromatic carbocycles. The molecule has 0 saturated carbocycles. The van der Waals surface area contributed by atoms with Gasteiger partial charge in [0.25, 0.3) is 0 Å². The van der Waals surface area contributed by atoms with Gasteiger partial charge in [-0.2, -0.15) is 4.98 Å². The Balaban J connectivity index is 1.47. The first-order chi connectivity index (χ1) is 14.1. The van der Waals surface area contributed by atoms with E-state index in [9.17, 15) is 4.39 Å². The lowest BCUT2D eigenvalue weighted by Crippen LogP contribution is -2.47. The van der Waals surface area contributed by atoms with Crippen LogP contribution >= 0.6 is 11.3 Å². The van der Waals surface area contributed by atoms with Crippen LogP contribution in [0.1, 0.15) is 5.56 Å². The summed E-state index contributed by atoms with van der Waals surface area (Å²) in [6.45, 7) is 5.96. The van der Waals surface area contributed by atoms with Gasteiger partial charge in [-0.25, -0.2) is 14.4 Å². The minimum atomic E-state index is -0.514. The summed E-state index contributed by atoms with van der Waals surface area (Å²) in [7, 11) is 0. The van der Waals surface area contributed by atoms with Gasteiger partial charge in [-0.1, -0.05) is 29.8 Å². The van der Waals surface area contributed by atoms with E-state index in [1.54, 1.807) is 0 Å². The zero-order valence-electron chi connectivity index (χ0n) is 16.2. The number of thiazole rings is 1. The molecule has 0 amide bonds. The Hall–Kier alpha value is -2.62. The SMILES string of the molecule is Cc1ccc(-c2csc(Nc3nc(N4CCN(CCO)CC4)ncc3F)n2)cc1. The highest BCUT2D eigenvalue weighted by molar-refractivity contribution is 7.14. The van der Waals surface area contributed by atoms with E-state index in [2.05, 4.69) is 25.2 Å². The second-order valence-electron chi connectivity index (χ2n) is 6.95. The summed E-state index contributed by atoms with van der Waals surface area (Å²) in [6.07, 6.45) is 1.19. The molecule has 2 aromatic heterocycles. The van der Waals surface area contributed by atoms with E-state index < -0.39 is 5.82 Å². The van der Waals surface area contributed by atoms with Gasteiger partial charge in [-0.3, -0.25) is 4.90 Å². The number of aryl methyl sites for hydroxylation is 1. The minimum absolute atomic E-state index is 0.123. The number of benzene rings is 1. The van der Waals surface area contributed by atoms with E-state index in [4.69, 9.17) is 5.11 Å². The minimum Gasteiger partial charge on any atom is -0.395 e. The smallest absolute Gasteiger partial charge is 0.227 e. The highest BCUT2D eigenvalue weighted by atomic mass is 32.1. The predicted molar refractivity (Wildman–Crippen MR) is 113 cm³/mol. The molecule has 0 atom stereocenters. The molecule has 1 saturated heterocycles. The van der Waals surface area contributed by atoms with E-state index in [-0.39, 0.29) is 12.4 Å². The van der Waals surface area contributed by atoms with E-state index in [0.717, 1.165) is 37.4 Å². The third-order valence-electron chi connectivity index (χ3n) is 4.88. The fraction of sp³-hybridized carbons (Fsp3) is 0.350. The maximum absolute atomic E-state index is 14.3. The molecule has 2 N–H and O–H groups in total. The first-order valence-electron chi connectivity index (χ1n) is 9.52. The van der Waals surface area contributed by atoms with E-state index in [1.165, 1.54) is 23.1 Å². The van der Waals surface area contributed by atoms with Crippen molar-refractivity contribution in [2.24, 2.45) is 0 Å². The first-order valence-corrected chi connectivity index (χ1v) is 10.4. The summed E-state index contributed by atoms with van der Waals surface area (Å²) in [5.41, 5.74) is 3.05. The Morgan fingerprint density at radius 3 is 2.62 bits per heavy atom. The number of aliphatic hydroxyl groups is 1.